The van der Waals surface area contributed by atoms with Gasteiger partial charge in [0.1, 0.15) is 17.6 Å². The van der Waals surface area contributed by atoms with E-state index in [1.54, 1.807) is 62.4 Å². The molecule has 0 spiro atoms. The van der Waals surface area contributed by atoms with Gasteiger partial charge in [-0.05, 0) is 49.9 Å². The molecule has 1 unspecified atom stereocenters. The number of ketones is 1. The summed E-state index contributed by atoms with van der Waals surface area (Å²) in [6.45, 7) is 7.31. The molecule has 4 atom stereocenters. The summed E-state index contributed by atoms with van der Waals surface area (Å²) >= 11 is 0. The highest BCUT2D eigenvalue weighted by Gasteiger charge is 2.36. The molecule has 0 saturated heterocycles. The summed E-state index contributed by atoms with van der Waals surface area (Å²) in [6, 6.07) is 13.7. The fourth-order valence-electron chi connectivity index (χ4n) is 4.17. The fourth-order valence-corrected chi connectivity index (χ4v) is 4.17. The van der Waals surface area contributed by atoms with Crippen molar-refractivity contribution in [2.75, 3.05) is 0 Å². The molecule has 12 nitrogen and oxygen atoms in total. The molecule has 4 amide bonds. The second-order valence-corrected chi connectivity index (χ2v) is 11.1. The molecule has 12 heteroatoms. The molecule has 0 saturated carbocycles. The lowest BCUT2D eigenvalue weighted by atomic mass is 9.96. The van der Waals surface area contributed by atoms with Gasteiger partial charge in [0.2, 0.25) is 23.5 Å². The smallest absolute Gasteiger partial charge is 0.328 e. The van der Waals surface area contributed by atoms with Crippen molar-refractivity contribution in [2.45, 2.75) is 77.5 Å². The number of carboxylic acids is 1. The van der Waals surface area contributed by atoms with Crippen LogP contribution in [0.15, 0.2) is 54.6 Å². The first-order chi connectivity index (χ1) is 20.7. The lowest BCUT2D eigenvalue weighted by molar-refractivity contribution is -0.147. The summed E-state index contributed by atoms with van der Waals surface area (Å²) in [7, 11) is 0. The van der Waals surface area contributed by atoms with Gasteiger partial charge in [-0.3, -0.25) is 24.0 Å². The van der Waals surface area contributed by atoms with Crippen molar-refractivity contribution in [1.82, 2.24) is 21.3 Å². The van der Waals surface area contributed by atoms with Gasteiger partial charge >= 0.3 is 5.97 Å². The zero-order valence-electron chi connectivity index (χ0n) is 25.5. The third-order valence-electron chi connectivity index (χ3n) is 7.08. The number of carbonyl (C=O) groups is 6. The second-order valence-electron chi connectivity index (χ2n) is 11.1. The predicted molar refractivity (Wildman–Crippen MR) is 161 cm³/mol. The van der Waals surface area contributed by atoms with Crippen molar-refractivity contribution in [3.63, 3.8) is 0 Å². The Hall–Kier alpha value is -5.05. The Balaban J connectivity index is 2.18. The highest BCUT2D eigenvalue weighted by molar-refractivity contribution is 6.38. The average molecular weight is 606 g/mol. The molecule has 2 rings (SSSR count). The maximum atomic E-state index is 13.3. The molecule has 0 aliphatic rings. The highest BCUT2D eigenvalue weighted by atomic mass is 16.4. The van der Waals surface area contributed by atoms with E-state index in [2.05, 4.69) is 21.3 Å². The number of Topliss-reactive ketones (excluding diaryl/α,β-unsaturated/α-hetero) is 1. The van der Waals surface area contributed by atoms with Crippen LogP contribution in [-0.2, 0) is 41.6 Å². The molecule has 0 aliphatic heterocycles. The Bertz CT molecular complexity index is 1420. The van der Waals surface area contributed by atoms with Crippen LogP contribution in [0.1, 0.15) is 57.7 Å². The van der Waals surface area contributed by atoms with Gasteiger partial charge in [-0.1, -0.05) is 62.7 Å². The van der Waals surface area contributed by atoms with Crippen LogP contribution in [0.2, 0.25) is 0 Å². The van der Waals surface area contributed by atoms with E-state index in [9.17, 15) is 39.1 Å². The zero-order chi connectivity index (χ0) is 33.0. The molecule has 0 aliphatic carbocycles. The first-order valence-electron chi connectivity index (χ1n) is 14.2. The number of amides is 4. The number of benzene rings is 2. The second kappa shape index (κ2) is 16.0. The summed E-state index contributed by atoms with van der Waals surface area (Å²) in [4.78, 5) is 76.4. The number of nitriles is 1. The number of hydrogen-bond donors (Lipinski definition) is 5. The Kier molecular flexibility index (Phi) is 12.8. The topological polar surface area (TPSA) is 195 Å². The van der Waals surface area contributed by atoms with Gasteiger partial charge in [0.05, 0.1) is 24.1 Å². The first kappa shape index (κ1) is 35.1. The largest absolute Gasteiger partial charge is 0.480 e. The molecule has 5 N–H and O–H groups in total. The van der Waals surface area contributed by atoms with E-state index < -0.39 is 65.0 Å². The standard InChI is InChI=1S/C32H39N5O7/c1-6-19(2)26(29(41)37-32(4,5)31(43)44)36-30(42)27(39)20(3)34-28(40)24(16-22-13-10-14-23(15-22)18-33)35-25(38)17-21-11-8-7-9-12-21/h7-15,19-20,24,26H,6,16-17H2,1-5H3,(H,34,40)(H,35,38)(H,36,42)(H,37,41)(H,43,44)/t19-,20?,24-,26-/m0/s1. The molecule has 234 valence electrons. The van der Waals surface area contributed by atoms with Gasteiger partial charge in [0.25, 0.3) is 5.91 Å². The molecule has 2 aromatic rings. The van der Waals surface area contributed by atoms with E-state index in [1.165, 1.54) is 20.8 Å². The number of hydrogen-bond acceptors (Lipinski definition) is 7. The number of rotatable bonds is 15. The number of nitrogens with zero attached hydrogens (tertiary/aromatic N) is 1. The zero-order valence-corrected chi connectivity index (χ0v) is 25.5. The minimum atomic E-state index is -1.62. The van der Waals surface area contributed by atoms with Gasteiger partial charge in [-0.25, -0.2) is 4.79 Å². The molecule has 0 heterocycles. The lowest BCUT2D eigenvalue weighted by Gasteiger charge is -2.28. The van der Waals surface area contributed by atoms with Crippen LogP contribution in [0, 0.1) is 17.2 Å². The van der Waals surface area contributed by atoms with E-state index in [-0.39, 0.29) is 12.8 Å². The Morgan fingerprint density at radius 3 is 2.11 bits per heavy atom. The van der Waals surface area contributed by atoms with Gasteiger partial charge in [-0.15, -0.1) is 0 Å². The van der Waals surface area contributed by atoms with Crippen molar-refractivity contribution in [3.05, 3.63) is 71.3 Å². The van der Waals surface area contributed by atoms with Gasteiger partial charge in [-0.2, -0.15) is 5.26 Å². The van der Waals surface area contributed by atoms with Gasteiger partial charge < -0.3 is 26.4 Å². The third-order valence-corrected chi connectivity index (χ3v) is 7.08. The minimum Gasteiger partial charge on any atom is -0.480 e. The summed E-state index contributed by atoms with van der Waals surface area (Å²) in [5, 5.41) is 28.5. The minimum absolute atomic E-state index is 0.00249. The highest BCUT2D eigenvalue weighted by Crippen LogP contribution is 2.12. The summed E-state index contributed by atoms with van der Waals surface area (Å²) in [6.07, 6.45) is 0.436. The molecule has 2 aromatic carbocycles. The number of aliphatic carboxylic acids is 1. The maximum absolute atomic E-state index is 13.3. The van der Waals surface area contributed by atoms with Gasteiger partial charge in [0.15, 0.2) is 0 Å². The van der Waals surface area contributed by atoms with E-state index in [1.807, 2.05) is 12.1 Å². The van der Waals surface area contributed by atoms with Crippen LogP contribution < -0.4 is 21.3 Å². The average Bonchev–Trinajstić information content (AvgIpc) is 2.98. The first-order valence-corrected chi connectivity index (χ1v) is 14.2. The van der Waals surface area contributed by atoms with Crippen LogP contribution in [0.4, 0.5) is 0 Å². The molecule has 0 radical (unpaired) electrons. The van der Waals surface area contributed by atoms with Crippen molar-refractivity contribution < 1.29 is 33.9 Å². The summed E-state index contributed by atoms with van der Waals surface area (Å²) in [5.41, 5.74) is 0.0603. The van der Waals surface area contributed by atoms with Crippen LogP contribution in [0.25, 0.3) is 0 Å². The molecular formula is C32H39N5O7. The Morgan fingerprint density at radius 2 is 1.52 bits per heavy atom. The quantitative estimate of drug-likeness (QED) is 0.188. The van der Waals surface area contributed by atoms with Crippen molar-refractivity contribution >= 4 is 35.4 Å². The van der Waals surface area contributed by atoms with Crippen LogP contribution in [-0.4, -0.2) is 64.2 Å². The predicted octanol–water partition coefficient (Wildman–Crippen LogP) is 1.41. The fraction of sp³-hybridized carbons (Fsp3) is 0.406. The lowest BCUT2D eigenvalue weighted by Crippen LogP contribution is -2.60. The molecule has 0 fully saturated rings. The SMILES string of the molecule is CC[C@H](C)[C@H](NC(=O)C(=O)C(C)NC(=O)[C@H](Cc1cccc(C#N)c1)NC(=O)Cc1ccccc1)C(=O)NC(C)(C)C(=O)O. The van der Waals surface area contributed by atoms with Crippen molar-refractivity contribution in [1.29, 1.82) is 5.26 Å². The molecule has 0 bridgehead atoms. The van der Waals surface area contributed by atoms with Crippen LogP contribution in [0.3, 0.4) is 0 Å². The number of nitrogens with one attached hydrogen (secondary N) is 4. The van der Waals surface area contributed by atoms with E-state index in [0.717, 1.165) is 5.56 Å². The number of carboxylic acid groups (broad SMARTS) is 1. The third kappa shape index (κ3) is 10.3. The monoisotopic (exact) mass is 605 g/mol. The van der Waals surface area contributed by atoms with Gasteiger partial charge in [0, 0.05) is 6.42 Å². The molecule has 44 heavy (non-hydrogen) atoms. The van der Waals surface area contributed by atoms with E-state index >= 15 is 0 Å². The van der Waals surface area contributed by atoms with Crippen molar-refractivity contribution in [2.24, 2.45) is 5.92 Å². The maximum Gasteiger partial charge on any atom is 0.328 e. The Morgan fingerprint density at radius 1 is 0.886 bits per heavy atom. The van der Waals surface area contributed by atoms with E-state index in [0.29, 0.717) is 17.5 Å². The van der Waals surface area contributed by atoms with Crippen LogP contribution >= 0.6 is 0 Å². The molecular weight excluding hydrogens is 566 g/mol. The summed E-state index contributed by atoms with van der Waals surface area (Å²) < 4.78 is 0. The van der Waals surface area contributed by atoms with Crippen molar-refractivity contribution in [3.8, 4) is 6.07 Å². The summed E-state index contributed by atoms with van der Waals surface area (Å²) in [5.74, 6) is -5.87. The number of carbonyl (C=O) groups excluding carboxylic acids is 5. The Labute approximate surface area is 256 Å². The van der Waals surface area contributed by atoms with Crippen LogP contribution in [0.5, 0.6) is 0 Å². The molecule has 0 aromatic heterocycles. The normalized spacial score (nSPS) is 13.6. The van der Waals surface area contributed by atoms with E-state index in [4.69, 9.17) is 0 Å².